The Hall–Kier alpha value is -3.75. The second kappa shape index (κ2) is 10.6. The van der Waals surface area contributed by atoms with E-state index in [1.165, 1.54) is 0 Å². The molecule has 7 nitrogen and oxygen atoms in total. The number of rotatable bonds is 8. The van der Waals surface area contributed by atoms with Crippen molar-refractivity contribution in [1.29, 1.82) is 0 Å². The van der Waals surface area contributed by atoms with Gasteiger partial charge in [0.05, 0.1) is 30.3 Å². The van der Waals surface area contributed by atoms with Crippen LogP contribution in [0.15, 0.2) is 90.1 Å². The number of aryl methyl sites for hydroxylation is 2. The number of aliphatic hydroxyl groups is 2. The number of pyridine rings is 1. The van der Waals surface area contributed by atoms with Crippen molar-refractivity contribution in [2.75, 3.05) is 13.2 Å². The van der Waals surface area contributed by atoms with Gasteiger partial charge in [-0.3, -0.25) is 4.79 Å². The molecule has 0 bridgehead atoms. The van der Waals surface area contributed by atoms with Crippen LogP contribution in [0.4, 0.5) is 0 Å². The highest BCUT2D eigenvalue weighted by Crippen LogP contribution is 2.39. The molecular weight excluding hydrogens is 500 g/mol. The minimum atomic E-state index is -1.52. The maximum Gasteiger partial charge on any atom is 0.251 e. The first-order chi connectivity index (χ1) is 18.3. The summed E-state index contributed by atoms with van der Waals surface area (Å²) in [5.41, 5.74) is 3.62. The maximum atomic E-state index is 12.8. The van der Waals surface area contributed by atoms with E-state index in [4.69, 9.17) is 16.7 Å². The Balaban J connectivity index is 1.72. The number of hydrogen-bond acceptors (Lipinski definition) is 5. The highest BCUT2D eigenvalue weighted by molar-refractivity contribution is 6.30. The Morgan fingerprint density at radius 2 is 1.76 bits per heavy atom. The summed E-state index contributed by atoms with van der Waals surface area (Å²) in [5, 5.41) is 26.1. The van der Waals surface area contributed by atoms with E-state index in [1.54, 1.807) is 40.8 Å². The van der Waals surface area contributed by atoms with Gasteiger partial charge >= 0.3 is 0 Å². The summed E-state index contributed by atoms with van der Waals surface area (Å²) in [6.07, 6.45) is 3.33. The fourth-order valence-electron chi connectivity index (χ4n) is 4.92. The molecule has 2 heterocycles. The topological polar surface area (TPSA) is 92.3 Å². The molecule has 0 amide bonds. The van der Waals surface area contributed by atoms with Crippen molar-refractivity contribution in [3.05, 3.63) is 123 Å². The Morgan fingerprint density at radius 1 is 1.00 bits per heavy atom. The van der Waals surface area contributed by atoms with Gasteiger partial charge in [0.25, 0.3) is 5.56 Å². The summed E-state index contributed by atoms with van der Waals surface area (Å²) in [7, 11) is 3.59. The minimum absolute atomic E-state index is 0.0725. The van der Waals surface area contributed by atoms with Gasteiger partial charge < -0.3 is 24.7 Å². The molecule has 0 saturated carbocycles. The quantitative estimate of drug-likeness (QED) is 0.265. The standard InChI is InChI=1S/C30H29ClN4O3/c1-34-19-33-18-28(34)30(38,22-8-6-20(7-9-22)17-32-12-13-36)23-10-11-27-26(15-23)25(16-29(37)35(27)2)21-4-3-5-24(31)14-21/h3-11,14-16,18-19,32,36,38H,12-13,17H2,1-2H3. The summed E-state index contributed by atoms with van der Waals surface area (Å²) in [6, 6.07) is 22.4. The van der Waals surface area contributed by atoms with E-state index in [9.17, 15) is 9.90 Å². The zero-order valence-electron chi connectivity index (χ0n) is 21.2. The lowest BCUT2D eigenvalue weighted by Gasteiger charge is -2.30. The number of halogens is 1. The monoisotopic (exact) mass is 528 g/mol. The second-order valence-electron chi connectivity index (χ2n) is 9.40. The fourth-order valence-corrected chi connectivity index (χ4v) is 5.12. The summed E-state index contributed by atoms with van der Waals surface area (Å²) in [4.78, 5) is 17.1. The van der Waals surface area contributed by atoms with Gasteiger partial charge in [-0.15, -0.1) is 0 Å². The van der Waals surface area contributed by atoms with E-state index in [0.717, 1.165) is 27.6 Å². The summed E-state index contributed by atoms with van der Waals surface area (Å²) < 4.78 is 3.41. The van der Waals surface area contributed by atoms with Crippen molar-refractivity contribution in [3.8, 4) is 11.1 Å². The molecule has 0 aliphatic rings. The molecule has 3 N–H and O–H groups in total. The molecule has 5 rings (SSSR count). The molecule has 1 atom stereocenters. The van der Waals surface area contributed by atoms with Crippen LogP contribution in [0.25, 0.3) is 22.0 Å². The molecule has 0 radical (unpaired) electrons. The highest BCUT2D eigenvalue weighted by Gasteiger charge is 2.37. The number of hydrogen-bond donors (Lipinski definition) is 3. The van der Waals surface area contributed by atoms with Crippen molar-refractivity contribution in [2.24, 2.45) is 14.1 Å². The molecule has 0 spiro atoms. The Kier molecular flexibility index (Phi) is 7.19. The van der Waals surface area contributed by atoms with Crippen LogP contribution in [-0.4, -0.2) is 37.5 Å². The number of benzene rings is 3. The fraction of sp³-hybridized carbons (Fsp3) is 0.200. The zero-order valence-corrected chi connectivity index (χ0v) is 22.0. The van der Waals surface area contributed by atoms with Crippen molar-refractivity contribution < 1.29 is 10.2 Å². The number of nitrogens with one attached hydrogen (secondary N) is 1. The molecule has 0 aliphatic heterocycles. The highest BCUT2D eigenvalue weighted by atomic mass is 35.5. The third-order valence-electron chi connectivity index (χ3n) is 6.98. The molecule has 8 heteroatoms. The summed E-state index contributed by atoms with van der Waals surface area (Å²) >= 11 is 6.29. The Labute approximate surface area is 225 Å². The van der Waals surface area contributed by atoms with Crippen LogP contribution in [0.3, 0.4) is 0 Å². The molecular formula is C30H29ClN4O3. The van der Waals surface area contributed by atoms with Crippen molar-refractivity contribution in [2.45, 2.75) is 12.1 Å². The van der Waals surface area contributed by atoms with Gasteiger partial charge in [0.1, 0.15) is 0 Å². The van der Waals surface area contributed by atoms with E-state index in [2.05, 4.69) is 10.3 Å². The van der Waals surface area contributed by atoms with Gasteiger partial charge in [0, 0.05) is 43.7 Å². The number of aromatic nitrogens is 3. The van der Waals surface area contributed by atoms with E-state index in [0.29, 0.717) is 34.9 Å². The second-order valence-corrected chi connectivity index (χ2v) is 9.83. The third-order valence-corrected chi connectivity index (χ3v) is 7.21. The van der Waals surface area contributed by atoms with Crippen molar-refractivity contribution in [1.82, 2.24) is 19.4 Å². The number of imidazole rings is 1. The summed E-state index contributed by atoms with van der Waals surface area (Å²) in [5.74, 6) is 0. The van der Waals surface area contributed by atoms with Crippen LogP contribution in [0.5, 0.6) is 0 Å². The normalized spacial score (nSPS) is 13.1. The van der Waals surface area contributed by atoms with Crippen LogP contribution in [-0.2, 0) is 26.2 Å². The molecule has 1 unspecified atom stereocenters. The first kappa shape index (κ1) is 25.9. The van der Waals surface area contributed by atoms with E-state index in [1.807, 2.05) is 67.7 Å². The third kappa shape index (κ3) is 4.66. The lowest BCUT2D eigenvalue weighted by Crippen LogP contribution is -2.31. The average Bonchev–Trinajstić information content (AvgIpc) is 3.37. The predicted molar refractivity (Wildman–Crippen MR) is 150 cm³/mol. The van der Waals surface area contributed by atoms with Crippen LogP contribution in [0.2, 0.25) is 5.02 Å². The number of aliphatic hydroxyl groups excluding tert-OH is 1. The molecule has 0 fully saturated rings. The SMILES string of the molecule is Cn1cncc1C(O)(c1ccc(CNCCO)cc1)c1ccc2c(c1)c(-c1cccc(Cl)c1)cc(=O)n2C. The van der Waals surface area contributed by atoms with Crippen LogP contribution >= 0.6 is 11.6 Å². The Bertz CT molecular complexity index is 1660. The van der Waals surface area contributed by atoms with Gasteiger partial charge in [-0.1, -0.05) is 54.1 Å². The first-order valence-corrected chi connectivity index (χ1v) is 12.7. The maximum absolute atomic E-state index is 12.8. The lowest BCUT2D eigenvalue weighted by molar-refractivity contribution is 0.117. The van der Waals surface area contributed by atoms with Crippen LogP contribution in [0.1, 0.15) is 22.4 Å². The minimum Gasteiger partial charge on any atom is -0.395 e. The molecule has 0 saturated heterocycles. The van der Waals surface area contributed by atoms with E-state index >= 15 is 0 Å². The molecule has 38 heavy (non-hydrogen) atoms. The van der Waals surface area contributed by atoms with Crippen molar-refractivity contribution >= 4 is 22.5 Å². The molecule has 5 aromatic rings. The molecule has 0 aliphatic carbocycles. The predicted octanol–water partition coefficient (Wildman–Crippen LogP) is 3.96. The van der Waals surface area contributed by atoms with Gasteiger partial charge in [0.15, 0.2) is 5.60 Å². The van der Waals surface area contributed by atoms with Gasteiger partial charge in [-0.05, 0) is 52.1 Å². The van der Waals surface area contributed by atoms with Crippen LogP contribution in [0, 0.1) is 0 Å². The first-order valence-electron chi connectivity index (χ1n) is 12.3. The van der Waals surface area contributed by atoms with E-state index in [-0.39, 0.29) is 12.2 Å². The zero-order chi connectivity index (χ0) is 26.9. The Morgan fingerprint density at radius 3 is 2.45 bits per heavy atom. The summed E-state index contributed by atoms with van der Waals surface area (Å²) in [6.45, 7) is 1.19. The molecule has 3 aromatic carbocycles. The van der Waals surface area contributed by atoms with Crippen LogP contribution < -0.4 is 10.9 Å². The van der Waals surface area contributed by atoms with E-state index < -0.39 is 5.60 Å². The van der Waals surface area contributed by atoms with Gasteiger partial charge in [-0.25, -0.2) is 4.98 Å². The van der Waals surface area contributed by atoms with Crippen molar-refractivity contribution in [3.63, 3.8) is 0 Å². The van der Waals surface area contributed by atoms with Gasteiger partial charge in [0.2, 0.25) is 0 Å². The lowest BCUT2D eigenvalue weighted by atomic mass is 9.82. The largest absolute Gasteiger partial charge is 0.395 e. The smallest absolute Gasteiger partial charge is 0.251 e. The number of nitrogens with zero attached hydrogens (tertiary/aromatic N) is 3. The number of fused-ring (bicyclic) bond motifs is 1. The van der Waals surface area contributed by atoms with Gasteiger partial charge in [-0.2, -0.15) is 0 Å². The molecule has 194 valence electrons. The molecule has 2 aromatic heterocycles. The average molecular weight is 529 g/mol.